The van der Waals surface area contributed by atoms with Crippen molar-refractivity contribution in [3.8, 4) is 0 Å². The summed E-state index contributed by atoms with van der Waals surface area (Å²) in [6.07, 6.45) is 0. The van der Waals surface area contributed by atoms with E-state index < -0.39 is 15.8 Å². The Labute approximate surface area is 104 Å². The minimum absolute atomic E-state index is 0. The average molecular weight is 234 g/mol. The van der Waals surface area contributed by atoms with Crippen LogP contribution in [0, 0.1) is 5.82 Å². The number of hydrogen-bond donors (Lipinski definition) is 1. The Kier molecular flexibility index (Phi) is 5.43. The van der Waals surface area contributed by atoms with Gasteiger partial charge in [0.05, 0.1) is 4.90 Å². The molecule has 0 heterocycles. The zero-order chi connectivity index (χ0) is 9.19. The third-order valence-corrected chi connectivity index (χ3v) is 2.93. The predicted molar refractivity (Wildman–Crippen MR) is 43.7 cm³/mol. The van der Waals surface area contributed by atoms with Crippen LogP contribution < -0.4 is 33.8 Å². The van der Waals surface area contributed by atoms with Crippen LogP contribution in [0.25, 0.3) is 0 Å². The third-order valence-electron chi connectivity index (χ3n) is 1.23. The van der Waals surface area contributed by atoms with Gasteiger partial charge in [-0.3, -0.25) is 0 Å². The zero-order valence-corrected chi connectivity index (χ0v) is 10.4. The molecule has 68 valence electrons. The Bertz CT molecular complexity index is 372. The van der Waals surface area contributed by atoms with Crippen LogP contribution in [0.3, 0.4) is 0 Å². The van der Waals surface area contributed by atoms with Gasteiger partial charge in [0.15, 0.2) is 0 Å². The van der Waals surface area contributed by atoms with Gasteiger partial charge in [-0.25, -0.2) is 12.8 Å². The molecule has 0 aromatic heterocycles. The molecule has 1 aromatic carbocycles. The van der Waals surface area contributed by atoms with Crippen LogP contribution in [0.2, 0.25) is 0 Å². The molecule has 0 saturated carbocycles. The van der Waals surface area contributed by atoms with E-state index in [1.807, 2.05) is 0 Å². The Morgan fingerprint density at radius 2 is 1.77 bits per heavy atom. The Hall–Kier alpha value is 0.350. The van der Waals surface area contributed by atoms with Gasteiger partial charge in [0.1, 0.15) is 5.82 Å². The molecule has 0 fully saturated rings. The van der Waals surface area contributed by atoms with Crippen molar-refractivity contribution >= 4 is 21.8 Å². The first-order valence-corrected chi connectivity index (χ1v) is 4.80. The molecule has 0 bridgehead atoms. The summed E-state index contributed by atoms with van der Waals surface area (Å²) >= 11 is 4.94. The van der Waals surface area contributed by atoms with Crippen molar-refractivity contribution < 1.29 is 43.8 Å². The summed E-state index contributed by atoms with van der Waals surface area (Å²) in [6, 6.07) is 4.34. The maximum atomic E-state index is 12.3. The number of rotatable bonds is 2. The van der Waals surface area contributed by atoms with E-state index in [1.54, 1.807) is 4.24 Å². The molecule has 1 N–H and O–H groups in total. The maximum absolute atomic E-state index is 12.3. The van der Waals surface area contributed by atoms with Crippen LogP contribution in [0.1, 0.15) is 1.43 Å². The molecule has 0 spiro atoms. The molecular weight excluding hydrogens is 228 g/mol. The van der Waals surface area contributed by atoms with Gasteiger partial charge < -0.3 is 1.43 Å². The largest absolute Gasteiger partial charge is 1.00 e. The van der Waals surface area contributed by atoms with Crippen LogP contribution in [0.4, 0.5) is 4.39 Å². The second kappa shape index (κ2) is 5.29. The zero-order valence-electron chi connectivity index (χ0n) is 7.79. The molecule has 1 aromatic rings. The summed E-state index contributed by atoms with van der Waals surface area (Å²) < 4.78 is 35.8. The summed E-state index contributed by atoms with van der Waals surface area (Å²) in [4.78, 5) is -0.0705. The molecule has 3 nitrogen and oxygen atoms in total. The minimum Gasteiger partial charge on any atom is -1.00 e. The SMILES string of the molecule is O=S(=O)(NCl)c1ccc(F)cc1.[H-].[Na+]. The van der Waals surface area contributed by atoms with Crippen molar-refractivity contribution in [3.63, 3.8) is 0 Å². The molecule has 0 saturated heterocycles. The van der Waals surface area contributed by atoms with Gasteiger partial charge in [-0.05, 0) is 36.0 Å². The Balaban J connectivity index is 0. The predicted octanol–water partition coefficient (Wildman–Crippen LogP) is -1.63. The standard InChI is InChI=1S/C6H5ClFNO2S.Na.H/c7-9-12(10,11)6-3-1-5(8)2-4-6;;/h1-4,9H;;/q;+1;-1. The molecule has 0 aliphatic carbocycles. The molecule has 7 heteroatoms. The van der Waals surface area contributed by atoms with Gasteiger partial charge in [-0.2, -0.15) is 0 Å². The van der Waals surface area contributed by atoms with Gasteiger partial charge in [0, 0.05) is 0 Å². The first kappa shape index (κ1) is 13.4. The van der Waals surface area contributed by atoms with E-state index in [2.05, 4.69) is 0 Å². The fourth-order valence-electron chi connectivity index (χ4n) is 0.658. The number of nitrogens with one attached hydrogen (secondary N) is 1. The van der Waals surface area contributed by atoms with Gasteiger partial charge in [0.25, 0.3) is 10.0 Å². The second-order valence-corrected chi connectivity index (χ2v) is 4.13. The average Bonchev–Trinajstić information content (AvgIpc) is 2.05. The first-order valence-electron chi connectivity index (χ1n) is 2.94. The second-order valence-electron chi connectivity index (χ2n) is 2.03. The van der Waals surface area contributed by atoms with E-state index >= 15 is 0 Å². The van der Waals surface area contributed by atoms with Crippen LogP contribution >= 0.6 is 11.8 Å². The number of benzene rings is 1. The topological polar surface area (TPSA) is 46.2 Å². The van der Waals surface area contributed by atoms with E-state index in [-0.39, 0.29) is 35.9 Å². The van der Waals surface area contributed by atoms with E-state index in [1.165, 1.54) is 0 Å². The fraction of sp³-hybridized carbons (Fsp3) is 0. The van der Waals surface area contributed by atoms with Crippen molar-refractivity contribution in [1.29, 1.82) is 0 Å². The number of hydrogen-bond acceptors (Lipinski definition) is 2. The molecule has 1 rings (SSSR count). The summed E-state index contributed by atoms with van der Waals surface area (Å²) in [7, 11) is -3.67. The Morgan fingerprint density at radius 3 is 2.15 bits per heavy atom. The monoisotopic (exact) mass is 233 g/mol. The molecule has 0 radical (unpaired) electrons. The summed E-state index contributed by atoms with van der Waals surface area (Å²) in [6.45, 7) is 0. The van der Waals surface area contributed by atoms with Gasteiger partial charge in [-0.1, -0.05) is 0 Å². The van der Waals surface area contributed by atoms with E-state index in [4.69, 9.17) is 11.8 Å². The molecule has 0 aliphatic rings. The Morgan fingerprint density at radius 1 is 1.31 bits per heavy atom. The van der Waals surface area contributed by atoms with E-state index in [0.29, 0.717) is 0 Å². The third kappa shape index (κ3) is 3.53. The smallest absolute Gasteiger partial charge is 1.00 e. The van der Waals surface area contributed by atoms with Crippen LogP contribution in [-0.2, 0) is 10.0 Å². The molecule has 0 aliphatic heterocycles. The summed E-state index contributed by atoms with van der Waals surface area (Å²) in [5, 5.41) is 0. The van der Waals surface area contributed by atoms with E-state index in [0.717, 1.165) is 24.3 Å². The van der Waals surface area contributed by atoms with Crippen molar-refractivity contribution in [3.05, 3.63) is 30.1 Å². The maximum Gasteiger partial charge on any atom is 1.00 e. The number of sulfonamides is 1. The normalized spacial score (nSPS) is 10.6. The summed E-state index contributed by atoms with van der Waals surface area (Å²) in [5.74, 6) is -0.497. The molecule has 13 heavy (non-hydrogen) atoms. The van der Waals surface area contributed by atoms with Gasteiger partial charge >= 0.3 is 29.6 Å². The fourth-order valence-corrected chi connectivity index (χ4v) is 1.51. The molecule has 0 atom stereocenters. The first-order chi connectivity index (χ1) is 5.56. The quantitative estimate of drug-likeness (QED) is 0.493. The molecule has 0 unspecified atom stereocenters. The molecule has 0 amide bonds. The minimum atomic E-state index is -3.67. The number of halogens is 2. The van der Waals surface area contributed by atoms with Crippen molar-refractivity contribution in [2.24, 2.45) is 0 Å². The molecular formula is C6H6ClFNNaO2S. The van der Waals surface area contributed by atoms with Crippen LogP contribution in [-0.4, -0.2) is 8.42 Å². The van der Waals surface area contributed by atoms with Gasteiger partial charge in [-0.15, -0.1) is 4.24 Å². The van der Waals surface area contributed by atoms with Gasteiger partial charge in [0.2, 0.25) is 0 Å². The van der Waals surface area contributed by atoms with Crippen molar-refractivity contribution in [2.45, 2.75) is 4.90 Å². The van der Waals surface area contributed by atoms with Crippen LogP contribution in [0.15, 0.2) is 29.2 Å². The van der Waals surface area contributed by atoms with Crippen molar-refractivity contribution in [2.75, 3.05) is 0 Å². The summed E-state index contributed by atoms with van der Waals surface area (Å²) in [5.41, 5.74) is 0. The van der Waals surface area contributed by atoms with Crippen LogP contribution in [0.5, 0.6) is 0 Å². The van der Waals surface area contributed by atoms with E-state index in [9.17, 15) is 12.8 Å². The van der Waals surface area contributed by atoms with Crippen molar-refractivity contribution in [1.82, 2.24) is 4.24 Å².